The fourth-order valence-electron chi connectivity index (χ4n) is 2.40. The standard InChI is InChI=1S/C11H17N5O2/c12-9(16-18)11(3-1-2-4-11)10(17)13-5-8-6-14-15-7-8/h6-7,18H,1-5H2,(H2,12,16)(H,13,17)(H,14,15). The van der Waals surface area contributed by atoms with Crippen LogP contribution in [0.1, 0.15) is 31.2 Å². The highest BCUT2D eigenvalue weighted by molar-refractivity contribution is 6.06. The van der Waals surface area contributed by atoms with Crippen LogP contribution in [0.15, 0.2) is 17.5 Å². The number of nitrogens with zero attached hydrogens (tertiary/aromatic N) is 2. The summed E-state index contributed by atoms with van der Waals surface area (Å²) < 4.78 is 0. The second kappa shape index (κ2) is 5.07. The van der Waals surface area contributed by atoms with E-state index < -0.39 is 5.41 Å². The number of aromatic amines is 1. The summed E-state index contributed by atoms with van der Waals surface area (Å²) in [4.78, 5) is 12.2. The van der Waals surface area contributed by atoms with Crippen LogP contribution in [0.3, 0.4) is 0 Å². The van der Waals surface area contributed by atoms with Crippen molar-refractivity contribution in [1.29, 1.82) is 0 Å². The molecular weight excluding hydrogens is 234 g/mol. The van der Waals surface area contributed by atoms with Crippen LogP contribution in [-0.2, 0) is 11.3 Å². The van der Waals surface area contributed by atoms with Crippen molar-refractivity contribution >= 4 is 11.7 Å². The molecule has 1 aromatic rings. The number of aromatic nitrogens is 2. The van der Waals surface area contributed by atoms with E-state index in [2.05, 4.69) is 20.7 Å². The molecule has 7 heteroatoms. The zero-order chi connectivity index (χ0) is 13.0. The average molecular weight is 251 g/mol. The number of carbonyl (C=O) groups is 1. The number of carbonyl (C=O) groups excluding carboxylic acids is 1. The van der Waals surface area contributed by atoms with Crippen molar-refractivity contribution in [3.8, 4) is 0 Å². The van der Waals surface area contributed by atoms with Crippen molar-refractivity contribution in [2.45, 2.75) is 32.2 Å². The lowest BCUT2D eigenvalue weighted by Crippen LogP contribution is -2.48. The van der Waals surface area contributed by atoms with Crippen molar-refractivity contribution in [2.24, 2.45) is 16.3 Å². The molecule has 0 saturated heterocycles. The van der Waals surface area contributed by atoms with Crippen LogP contribution in [0, 0.1) is 5.41 Å². The molecule has 0 unspecified atom stereocenters. The number of oxime groups is 1. The summed E-state index contributed by atoms with van der Waals surface area (Å²) in [5.74, 6) is -0.179. The quantitative estimate of drug-likeness (QED) is 0.267. The van der Waals surface area contributed by atoms with E-state index in [1.807, 2.05) is 0 Å². The maximum absolute atomic E-state index is 12.2. The third kappa shape index (κ3) is 2.15. The summed E-state index contributed by atoms with van der Waals surface area (Å²) >= 11 is 0. The average Bonchev–Trinajstić information content (AvgIpc) is 3.06. The van der Waals surface area contributed by atoms with Gasteiger partial charge in [0.1, 0.15) is 5.41 Å². The number of H-pyrrole nitrogens is 1. The summed E-state index contributed by atoms with van der Waals surface area (Å²) in [7, 11) is 0. The van der Waals surface area contributed by atoms with E-state index in [0.717, 1.165) is 18.4 Å². The van der Waals surface area contributed by atoms with Gasteiger partial charge in [-0.3, -0.25) is 9.89 Å². The Labute approximate surface area is 104 Å². The summed E-state index contributed by atoms with van der Waals surface area (Å²) in [5, 5.41) is 21.1. The van der Waals surface area contributed by atoms with Crippen molar-refractivity contribution in [3.63, 3.8) is 0 Å². The molecule has 0 atom stereocenters. The first kappa shape index (κ1) is 12.4. The molecule has 7 nitrogen and oxygen atoms in total. The maximum Gasteiger partial charge on any atom is 0.234 e. The number of nitrogens with one attached hydrogen (secondary N) is 2. The van der Waals surface area contributed by atoms with Gasteiger partial charge in [0, 0.05) is 18.3 Å². The van der Waals surface area contributed by atoms with Gasteiger partial charge in [0.15, 0.2) is 5.84 Å². The smallest absolute Gasteiger partial charge is 0.234 e. The first-order valence-corrected chi connectivity index (χ1v) is 5.93. The molecule has 1 saturated carbocycles. The minimum absolute atomic E-state index is 0.00435. The highest BCUT2D eigenvalue weighted by atomic mass is 16.4. The van der Waals surface area contributed by atoms with Gasteiger partial charge in [-0.1, -0.05) is 18.0 Å². The van der Waals surface area contributed by atoms with Gasteiger partial charge in [-0.15, -0.1) is 0 Å². The molecule has 0 bridgehead atoms. The minimum Gasteiger partial charge on any atom is -0.409 e. The Kier molecular flexibility index (Phi) is 3.50. The van der Waals surface area contributed by atoms with Crippen LogP contribution in [0.5, 0.6) is 0 Å². The van der Waals surface area contributed by atoms with E-state index in [1.54, 1.807) is 12.4 Å². The van der Waals surface area contributed by atoms with Crippen molar-refractivity contribution in [2.75, 3.05) is 0 Å². The van der Waals surface area contributed by atoms with E-state index in [1.165, 1.54) is 0 Å². The Bertz CT molecular complexity index is 434. The molecule has 1 aliphatic carbocycles. The first-order chi connectivity index (χ1) is 8.69. The first-order valence-electron chi connectivity index (χ1n) is 5.93. The zero-order valence-electron chi connectivity index (χ0n) is 10.0. The molecule has 0 aromatic carbocycles. The monoisotopic (exact) mass is 251 g/mol. The molecule has 2 rings (SSSR count). The van der Waals surface area contributed by atoms with Crippen LogP contribution in [0.2, 0.25) is 0 Å². The molecule has 0 radical (unpaired) electrons. The van der Waals surface area contributed by atoms with Gasteiger partial charge < -0.3 is 16.3 Å². The summed E-state index contributed by atoms with van der Waals surface area (Å²) in [6.45, 7) is 0.385. The van der Waals surface area contributed by atoms with E-state index in [-0.39, 0.29) is 11.7 Å². The van der Waals surface area contributed by atoms with Gasteiger partial charge in [-0.25, -0.2) is 0 Å². The Morgan fingerprint density at radius 3 is 2.89 bits per heavy atom. The fraction of sp³-hybridized carbons (Fsp3) is 0.545. The second-order valence-electron chi connectivity index (χ2n) is 4.56. The third-order valence-electron chi connectivity index (χ3n) is 3.50. The maximum atomic E-state index is 12.2. The molecule has 1 heterocycles. The number of amides is 1. The molecule has 18 heavy (non-hydrogen) atoms. The van der Waals surface area contributed by atoms with Crippen LogP contribution < -0.4 is 11.1 Å². The van der Waals surface area contributed by atoms with Gasteiger partial charge in [0.2, 0.25) is 5.91 Å². The Morgan fingerprint density at radius 2 is 2.33 bits per heavy atom. The van der Waals surface area contributed by atoms with Crippen molar-refractivity contribution in [1.82, 2.24) is 15.5 Å². The van der Waals surface area contributed by atoms with E-state index >= 15 is 0 Å². The predicted molar refractivity (Wildman–Crippen MR) is 64.7 cm³/mol. The lowest BCUT2D eigenvalue weighted by molar-refractivity contribution is -0.127. The number of nitrogens with two attached hydrogens (primary N) is 1. The molecule has 1 aromatic heterocycles. The normalized spacial score (nSPS) is 18.8. The third-order valence-corrected chi connectivity index (χ3v) is 3.50. The van der Waals surface area contributed by atoms with Crippen LogP contribution in [0.25, 0.3) is 0 Å². The number of rotatable bonds is 4. The van der Waals surface area contributed by atoms with Gasteiger partial charge in [0.25, 0.3) is 0 Å². The fourth-order valence-corrected chi connectivity index (χ4v) is 2.40. The minimum atomic E-state index is -0.849. The van der Waals surface area contributed by atoms with Gasteiger partial charge >= 0.3 is 0 Å². The zero-order valence-corrected chi connectivity index (χ0v) is 10.0. The Morgan fingerprint density at radius 1 is 1.61 bits per heavy atom. The second-order valence-corrected chi connectivity index (χ2v) is 4.56. The predicted octanol–water partition coefficient (Wildman–Crippen LogP) is 0.333. The van der Waals surface area contributed by atoms with Crippen LogP contribution in [-0.4, -0.2) is 27.1 Å². The van der Waals surface area contributed by atoms with Gasteiger partial charge in [0.05, 0.1) is 6.20 Å². The van der Waals surface area contributed by atoms with Crippen LogP contribution >= 0.6 is 0 Å². The summed E-state index contributed by atoms with van der Waals surface area (Å²) in [6.07, 6.45) is 6.43. The van der Waals surface area contributed by atoms with Crippen molar-refractivity contribution in [3.05, 3.63) is 18.0 Å². The Balaban J connectivity index is 2.05. The number of amidine groups is 1. The van der Waals surface area contributed by atoms with Crippen molar-refractivity contribution < 1.29 is 10.0 Å². The highest BCUT2D eigenvalue weighted by Crippen LogP contribution is 2.38. The largest absolute Gasteiger partial charge is 0.409 e. The Hall–Kier alpha value is -2.05. The van der Waals surface area contributed by atoms with Gasteiger partial charge in [-0.05, 0) is 12.8 Å². The molecule has 5 N–H and O–H groups in total. The lowest BCUT2D eigenvalue weighted by Gasteiger charge is -2.25. The number of hydrogen-bond donors (Lipinski definition) is 4. The molecular formula is C11H17N5O2. The summed E-state index contributed by atoms with van der Waals surface area (Å²) in [5.41, 5.74) is 5.72. The molecule has 1 amide bonds. The van der Waals surface area contributed by atoms with E-state index in [0.29, 0.717) is 19.4 Å². The molecule has 0 aliphatic heterocycles. The highest BCUT2D eigenvalue weighted by Gasteiger charge is 2.45. The molecule has 1 fully saturated rings. The number of hydrogen-bond acceptors (Lipinski definition) is 4. The van der Waals surface area contributed by atoms with Gasteiger partial charge in [-0.2, -0.15) is 5.10 Å². The topological polar surface area (TPSA) is 116 Å². The molecule has 98 valence electrons. The SMILES string of the molecule is NC(=NO)C1(C(=O)NCc2cn[nH]c2)CCCC1. The van der Waals surface area contributed by atoms with Crippen LogP contribution in [0.4, 0.5) is 0 Å². The molecule has 0 spiro atoms. The molecule has 1 aliphatic rings. The van der Waals surface area contributed by atoms with E-state index in [4.69, 9.17) is 10.9 Å². The summed E-state index contributed by atoms with van der Waals surface area (Å²) in [6, 6.07) is 0. The van der Waals surface area contributed by atoms with E-state index in [9.17, 15) is 4.79 Å². The lowest BCUT2D eigenvalue weighted by atomic mass is 9.84.